The van der Waals surface area contributed by atoms with E-state index < -0.39 is 22.0 Å². The van der Waals surface area contributed by atoms with E-state index >= 15 is 0 Å². The molecule has 9 heteroatoms. The molecule has 1 heterocycles. The van der Waals surface area contributed by atoms with Crippen LogP contribution in [0.3, 0.4) is 0 Å². The average molecular weight is 511 g/mol. The molecule has 190 valence electrons. The minimum absolute atomic E-state index is 0.0960. The SMILES string of the molecule is COc1ccc(S(=O)(=O)N2CC(C(=O)NCCOc3cc(C)cc(C)c3)Oc3ccc(C)cc32)cc1. The van der Waals surface area contributed by atoms with E-state index in [9.17, 15) is 13.2 Å². The predicted octanol–water partition coefficient (Wildman–Crippen LogP) is 3.77. The maximum atomic E-state index is 13.6. The fourth-order valence-corrected chi connectivity index (χ4v) is 5.54. The lowest BCUT2D eigenvalue weighted by molar-refractivity contribution is -0.127. The van der Waals surface area contributed by atoms with Crippen molar-refractivity contribution in [1.29, 1.82) is 0 Å². The quantitative estimate of drug-likeness (QED) is 0.464. The topological polar surface area (TPSA) is 94.2 Å². The van der Waals surface area contributed by atoms with E-state index in [2.05, 4.69) is 11.4 Å². The van der Waals surface area contributed by atoms with Gasteiger partial charge in [0.1, 0.15) is 23.9 Å². The van der Waals surface area contributed by atoms with Gasteiger partial charge in [-0.1, -0.05) is 12.1 Å². The lowest BCUT2D eigenvalue weighted by atomic mass is 10.1. The third kappa shape index (κ3) is 5.57. The fraction of sp³-hybridized carbons (Fsp3) is 0.296. The highest BCUT2D eigenvalue weighted by Gasteiger charge is 2.37. The Morgan fingerprint density at radius 2 is 1.67 bits per heavy atom. The second kappa shape index (κ2) is 10.5. The van der Waals surface area contributed by atoms with E-state index in [1.807, 2.05) is 39.0 Å². The van der Waals surface area contributed by atoms with Crippen molar-refractivity contribution >= 4 is 21.6 Å². The second-order valence-electron chi connectivity index (χ2n) is 8.75. The molecule has 0 aromatic heterocycles. The molecule has 0 saturated carbocycles. The van der Waals surface area contributed by atoms with Crippen molar-refractivity contribution in [2.45, 2.75) is 31.8 Å². The van der Waals surface area contributed by atoms with Crippen LogP contribution >= 0.6 is 0 Å². The summed E-state index contributed by atoms with van der Waals surface area (Å²) in [7, 11) is -2.45. The van der Waals surface area contributed by atoms with Crippen molar-refractivity contribution in [3.8, 4) is 17.2 Å². The van der Waals surface area contributed by atoms with E-state index in [0.29, 0.717) is 17.2 Å². The molecule has 4 rings (SSSR count). The Bertz CT molecular complexity index is 1330. The highest BCUT2D eigenvalue weighted by Crippen LogP contribution is 2.38. The Morgan fingerprint density at radius 1 is 0.972 bits per heavy atom. The molecule has 8 nitrogen and oxygen atoms in total. The zero-order chi connectivity index (χ0) is 25.9. The lowest BCUT2D eigenvalue weighted by Crippen LogP contribution is -2.51. The first-order chi connectivity index (χ1) is 17.2. The second-order valence-corrected chi connectivity index (χ2v) is 10.6. The highest BCUT2D eigenvalue weighted by molar-refractivity contribution is 7.92. The number of carbonyl (C=O) groups excluding carboxylic acids is 1. The number of aryl methyl sites for hydroxylation is 3. The number of rotatable bonds is 8. The molecule has 0 bridgehead atoms. The summed E-state index contributed by atoms with van der Waals surface area (Å²) in [6, 6.07) is 17.3. The van der Waals surface area contributed by atoms with E-state index in [-0.39, 0.29) is 24.6 Å². The molecule has 3 aromatic rings. The van der Waals surface area contributed by atoms with Gasteiger partial charge in [0.05, 0.1) is 30.8 Å². The van der Waals surface area contributed by atoms with Crippen LogP contribution in [0.2, 0.25) is 0 Å². The van der Waals surface area contributed by atoms with Gasteiger partial charge >= 0.3 is 0 Å². The number of benzene rings is 3. The summed E-state index contributed by atoms with van der Waals surface area (Å²) in [5.74, 6) is 1.19. The fourth-order valence-electron chi connectivity index (χ4n) is 4.07. The third-order valence-electron chi connectivity index (χ3n) is 5.79. The number of nitrogens with zero attached hydrogens (tertiary/aromatic N) is 1. The van der Waals surface area contributed by atoms with Crippen molar-refractivity contribution in [3.63, 3.8) is 0 Å². The van der Waals surface area contributed by atoms with Crippen LogP contribution in [0.15, 0.2) is 65.6 Å². The largest absolute Gasteiger partial charge is 0.497 e. The summed E-state index contributed by atoms with van der Waals surface area (Å²) < 4.78 is 45.2. The van der Waals surface area contributed by atoms with Gasteiger partial charge in [0, 0.05) is 0 Å². The molecule has 0 aliphatic carbocycles. The Morgan fingerprint density at radius 3 is 2.33 bits per heavy atom. The number of nitrogens with one attached hydrogen (secondary N) is 1. The molecule has 1 unspecified atom stereocenters. The van der Waals surface area contributed by atoms with Gasteiger partial charge in [-0.15, -0.1) is 0 Å². The average Bonchev–Trinajstić information content (AvgIpc) is 2.85. The zero-order valence-electron chi connectivity index (χ0n) is 20.8. The summed E-state index contributed by atoms with van der Waals surface area (Å²) in [6.07, 6.45) is -1.02. The number of ether oxygens (including phenoxy) is 3. The molecular formula is C27H30N2O6S. The Labute approximate surface area is 211 Å². The molecule has 0 radical (unpaired) electrons. The van der Waals surface area contributed by atoms with Crippen molar-refractivity contribution in [1.82, 2.24) is 5.32 Å². The first-order valence-corrected chi connectivity index (χ1v) is 13.0. The van der Waals surface area contributed by atoms with Crippen LogP contribution in [0.1, 0.15) is 16.7 Å². The maximum absolute atomic E-state index is 13.6. The van der Waals surface area contributed by atoms with E-state index in [0.717, 1.165) is 22.4 Å². The summed E-state index contributed by atoms with van der Waals surface area (Å²) >= 11 is 0. The third-order valence-corrected chi connectivity index (χ3v) is 7.58. The minimum atomic E-state index is -3.96. The minimum Gasteiger partial charge on any atom is -0.497 e. The first kappa shape index (κ1) is 25.4. The summed E-state index contributed by atoms with van der Waals surface area (Å²) in [6.45, 7) is 6.21. The molecule has 1 aliphatic rings. The number of fused-ring (bicyclic) bond motifs is 1. The van der Waals surface area contributed by atoms with Gasteiger partial charge in [-0.05, 0) is 86.0 Å². The van der Waals surface area contributed by atoms with E-state index in [4.69, 9.17) is 14.2 Å². The molecule has 36 heavy (non-hydrogen) atoms. The number of hydrogen-bond donors (Lipinski definition) is 1. The molecule has 1 N–H and O–H groups in total. The standard InChI is InChI=1S/C27H30N2O6S/c1-18-5-10-25-24(16-18)29(36(31,32)23-8-6-21(33-4)7-9-23)17-26(35-25)27(30)28-11-12-34-22-14-19(2)13-20(3)15-22/h5-10,13-16,26H,11-12,17H2,1-4H3,(H,28,30). The van der Waals surface area contributed by atoms with Crippen LogP contribution in [-0.2, 0) is 14.8 Å². The zero-order valence-corrected chi connectivity index (χ0v) is 21.6. The van der Waals surface area contributed by atoms with Crippen molar-refractivity contribution in [3.05, 3.63) is 77.4 Å². The van der Waals surface area contributed by atoms with Gasteiger partial charge in [0.15, 0.2) is 6.10 Å². The summed E-state index contributed by atoms with van der Waals surface area (Å²) in [5, 5.41) is 2.79. The molecule has 1 aliphatic heterocycles. The monoisotopic (exact) mass is 510 g/mol. The van der Waals surface area contributed by atoms with Gasteiger partial charge in [0.2, 0.25) is 0 Å². The number of hydrogen-bond acceptors (Lipinski definition) is 6. The first-order valence-electron chi connectivity index (χ1n) is 11.6. The molecule has 3 aromatic carbocycles. The van der Waals surface area contributed by atoms with Crippen molar-refractivity contribution in [2.24, 2.45) is 0 Å². The van der Waals surface area contributed by atoms with Gasteiger partial charge in [-0.2, -0.15) is 0 Å². The van der Waals surface area contributed by atoms with Crippen LogP contribution in [0.25, 0.3) is 0 Å². The Hall–Kier alpha value is -3.72. The molecular weight excluding hydrogens is 480 g/mol. The number of amides is 1. The van der Waals surface area contributed by atoms with Gasteiger partial charge in [0.25, 0.3) is 15.9 Å². The Kier molecular flexibility index (Phi) is 7.40. The molecule has 0 fully saturated rings. The maximum Gasteiger partial charge on any atom is 0.264 e. The van der Waals surface area contributed by atoms with Crippen LogP contribution in [-0.4, -0.2) is 47.2 Å². The van der Waals surface area contributed by atoms with Gasteiger partial charge in [-0.3, -0.25) is 9.10 Å². The van der Waals surface area contributed by atoms with E-state index in [1.54, 1.807) is 24.3 Å². The van der Waals surface area contributed by atoms with Crippen LogP contribution in [0, 0.1) is 20.8 Å². The number of anilines is 1. The van der Waals surface area contributed by atoms with Crippen molar-refractivity contribution < 1.29 is 27.4 Å². The van der Waals surface area contributed by atoms with Crippen LogP contribution in [0.5, 0.6) is 17.2 Å². The smallest absolute Gasteiger partial charge is 0.264 e. The molecule has 0 spiro atoms. The highest BCUT2D eigenvalue weighted by atomic mass is 32.2. The lowest BCUT2D eigenvalue weighted by Gasteiger charge is -2.35. The van der Waals surface area contributed by atoms with Gasteiger partial charge < -0.3 is 19.5 Å². The van der Waals surface area contributed by atoms with Crippen LogP contribution < -0.4 is 23.8 Å². The predicted molar refractivity (Wildman–Crippen MR) is 138 cm³/mol. The van der Waals surface area contributed by atoms with E-state index in [1.165, 1.54) is 23.5 Å². The van der Waals surface area contributed by atoms with Crippen molar-refractivity contribution in [2.75, 3.05) is 31.1 Å². The molecule has 1 atom stereocenters. The Balaban J connectivity index is 1.49. The van der Waals surface area contributed by atoms with Gasteiger partial charge in [-0.25, -0.2) is 8.42 Å². The van der Waals surface area contributed by atoms with Crippen LogP contribution in [0.4, 0.5) is 5.69 Å². The number of methoxy groups -OCH3 is 1. The summed E-state index contributed by atoms with van der Waals surface area (Å²) in [4.78, 5) is 13.1. The number of sulfonamides is 1. The number of carbonyl (C=O) groups is 1. The summed E-state index contributed by atoms with van der Waals surface area (Å²) in [5.41, 5.74) is 3.46. The molecule has 1 amide bonds. The molecule has 0 saturated heterocycles. The normalized spacial score (nSPS) is 15.0.